The van der Waals surface area contributed by atoms with Crippen molar-refractivity contribution in [2.75, 3.05) is 39.3 Å². The predicted molar refractivity (Wildman–Crippen MR) is 71.4 cm³/mol. The summed E-state index contributed by atoms with van der Waals surface area (Å²) in [5, 5.41) is 6.27. The van der Waals surface area contributed by atoms with Crippen molar-refractivity contribution in [3.05, 3.63) is 24.0 Å². The van der Waals surface area contributed by atoms with Crippen molar-refractivity contribution in [2.45, 2.75) is 12.8 Å². The molecule has 0 bridgehead atoms. The lowest BCUT2D eigenvalue weighted by atomic mass is 10.2. The highest BCUT2D eigenvalue weighted by Gasteiger charge is 2.10. The molecule has 1 fully saturated rings. The first-order chi connectivity index (χ1) is 8.84. The maximum atomic E-state index is 11.7. The minimum Gasteiger partial charge on any atom is -0.367 e. The molecule has 1 amide bonds. The number of hydrogen-bond donors (Lipinski definition) is 3. The summed E-state index contributed by atoms with van der Waals surface area (Å²) in [7, 11) is 0. The van der Waals surface area contributed by atoms with Gasteiger partial charge in [-0.25, -0.2) is 0 Å². The molecule has 1 aliphatic rings. The van der Waals surface area contributed by atoms with Crippen LogP contribution in [0.1, 0.15) is 12.0 Å². The van der Waals surface area contributed by atoms with Crippen LogP contribution in [0.25, 0.3) is 0 Å². The second-order valence-corrected chi connectivity index (χ2v) is 4.66. The average Bonchev–Trinajstić information content (AvgIpc) is 2.91. The molecule has 0 saturated carbocycles. The molecule has 1 aromatic heterocycles. The van der Waals surface area contributed by atoms with Gasteiger partial charge in [-0.2, -0.15) is 0 Å². The highest BCUT2D eigenvalue weighted by molar-refractivity contribution is 5.76. The number of H-pyrrole nitrogens is 1. The Bertz CT molecular complexity index is 344. The summed E-state index contributed by atoms with van der Waals surface area (Å²) in [6.07, 6.45) is 5.37. The van der Waals surface area contributed by atoms with Gasteiger partial charge in [0.15, 0.2) is 0 Å². The van der Waals surface area contributed by atoms with Crippen LogP contribution >= 0.6 is 0 Å². The molecule has 0 aliphatic carbocycles. The fourth-order valence-corrected chi connectivity index (χ4v) is 2.14. The zero-order valence-electron chi connectivity index (χ0n) is 10.7. The number of carbonyl (C=O) groups is 1. The predicted octanol–water partition coefficient (Wildman–Crippen LogP) is -0.0313. The van der Waals surface area contributed by atoms with Crippen molar-refractivity contribution >= 4 is 5.91 Å². The molecule has 18 heavy (non-hydrogen) atoms. The minimum absolute atomic E-state index is 0.157. The van der Waals surface area contributed by atoms with Crippen LogP contribution in [0.2, 0.25) is 0 Å². The molecule has 3 N–H and O–H groups in total. The van der Waals surface area contributed by atoms with E-state index >= 15 is 0 Å². The fraction of sp³-hybridized carbons (Fsp3) is 0.615. The number of amides is 1. The number of hydrogen-bond acceptors (Lipinski definition) is 3. The largest absolute Gasteiger partial charge is 0.367 e. The third-order valence-corrected chi connectivity index (χ3v) is 3.26. The molecular formula is C13H22N4O. The van der Waals surface area contributed by atoms with Crippen molar-refractivity contribution in [2.24, 2.45) is 0 Å². The molecule has 0 atom stereocenters. The molecule has 2 heterocycles. The van der Waals surface area contributed by atoms with Gasteiger partial charge in [-0.1, -0.05) is 0 Å². The summed E-state index contributed by atoms with van der Waals surface area (Å²) in [6.45, 7) is 5.77. The van der Waals surface area contributed by atoms with Gasteiger partial charge in [0.25, 0.3) is 0 Å². The highest BCUT2D eigenvalue weighted by Crippen LogP contribution is 1.97. The first kappa shape index (κ1) is 13.1. The summed E-state index contributed by atoms with van der Waals surface area (Å²) >= 11 is 0. The maximum absolute atomic E-state index is 11.7. The Balaban J connectivity index is 1.54. The number of aromatic nitrogens is 1. The number of nitrogens with zero attached hydrogens (tertiary/aromatic N) is 1. The first-order valence-corrected chi connectivity index (χ1v) is 6.66. The topological polar surface area (TPSA) is 60.2 Å². The van der Waals surface area contributed by atoms with Crippen molar-refractivity contribution in [3.63, 3.8) is 0 Å². The van der Waals surface area contributed by atoms with Gasteiger partial charge in [-0.3, -0.25) is 4.79 Å². The van der Waals surface area contributed by atoms with Gasteiger partial charge in [0, 0.05) is 58.1 Å². The first-order valence-electron chi connectivity index (χ1n) is 6.66. The lowest BCUT2D eigenvalue weighted by Crippen LogP contribution is -2.44. The van der Waals surface area contributed by atoms with Crippen molar-refractivity contribution < 1.29 is 4.79 Å². The number of aromatic amines is 1. The average molecular weight is 250 g/mol. The third kappa shape index (κ3) is 4.50. The van der Waals surface area contributed by atoms with Gasteiger partial charge in [0.2, 0.25) is 5.91 Å². The molecule has 0 aromatic carbocycles. The van der Waals surface area contributed by atoms with Crippen molar-refractivity contribution in [1.82, 2.24) is 20.5 Å². The van der Waals surface area contributed by atoms with E-state index in [-0.39, 0.29) is 5.91 Å². The molecule has 0 spiro atoms. The van der Waals surface area contributed by atoms with E-state index in [0.717, 1.165) is 45.7 Å². The SMILES string of the molecule is O=C(CCN1CCNCC1)NCCc1cc[nH]c1. The van der Waals surface area contributed by atoms with E-state index < -0.39 is 0 Å². The van der Waals surface area contributed by atoms with Crippen molar-refractivity contribution in [3.8, 4) is 0 Å². The van der Waals surface area contributed by atoms with Gasteiger partial charge in [0.05, 0.1) is 0 Å². The molecule has 1 saturated heterocycles. The highest BCUT2D eigenvalue weighted by atomic mass is 16.1. The number of carbonyl (C=O) groups excluding carboxylic acids is 1. The molecule has 1 aliphatic heterocycles. The van der Waals surface area contributed by atoms with E-state index in [9.17, 15) is 4.79 Å². The van der Waals surface area contributed by atoms with Crippen LogP contribution in [0.3, 0.4) is 0 Å². The van der Waals surface area contributed by atoms with Crippen LogP contribution in [0, 0.1) is 0 Å². The second-order valence-electron chi connectivity index (χ2n) is 4.66. The molecule has 5 heteroatoms. The lowest BCUT2D eigenvalue weighted by molar-refractivity contribution is -0.121. The molecule has 0 unspecified atom stereocenters. The summed E-state index contributed by atoms with van der Waals surface area (Å²) < 4.78 is 0. The monoisotopic (exact) mass is 250 g/mol. The Labute approximate surface area is 108 Å². The van der Waals surface area contributed by atoms with Crippen LogP contribution in [0.4, 0.5) is 0 Å². The van der Waals surface area contributed by atoms with Gasteiger partial charge in [0.1, 0.15) is 0 Å². The van der Waals surface area contributed by atoms with Crippen LogP contribution in [0.5, 0.6) is 0 Å². The van der Waals surface area contributed by atoms with Gasteiger partial charge < -0.3 is 20.5 Å². The zero-order chi connectivity index (χ0) is 12.6. The van der Waals surface area contributed by atoms with E-state index in [4.69, 9.17) is 0 Å². The standard InChI is InChI=1S/C13H22N4O/c18-13(3-8-17-9-6-14-7-10-17)16-5-2-12-1-4-15-11-12/h1,4,11,14-15H,2-3,5-10H2,(H,16,18). The smallest absolute Gasteiger partial charge is 0.221 e. The molecule has 0 radical (unpaired) electrons. The molecular weight excluding hydrogens is 228 g/mol. The quantitative estimate of drug-likeness (QED) is 0.664. The summed E-state index contributed by atoms with van der Waals surface area (Å²) in [6, 6.07) is 2.03. The van der Waals surface area contributed by atoms with Gasteiger partial charge in [-0.05, 0) is 18.1 Å². The summed E-state index contributed by atoms with van der Waals surface area (Å²) in [5.74, 6) is 0.157. The maximum Gasteiger partial charge on any atom is 0.221 e. The van der Waals surface area contributed by atoms with Crippen LogP contribution < -0.4 is 10.6 Å². The van der Waals surface area contributed by atoms with Gasteiger partial charge >= 0.3 is 0 Å². The lowest BCUT2D eigenvalue weighted by Gasteiger charge is -2.26. The number of rotatable bonds is 6. The van der Waals surface area contributed by atoms with E-state index in [0.29, 0.717) is 6.42 Å². The normalized spacial score (nSPS) is 16.7. The second kappa shape index (κ2) is 7.18. The van der Waals surface area contributed by atoms with Crippen LogP contribution in [-0.4, -0.2) is 55.1 Å². The molecule has 2 rings (SSSR count). The summed E-state index contributed by atoms with van der Waals surface area (Å²) in [5.41, 5.74) is 1.23. The molecule has 1 aromatic rings. The Morgan fingerprint density at radius 3 is 2.94 bits per heavy atom. The fourth-order valence-electron chi connectivity index (χ4n) is 2.14. The molecule has 5 nitrogen and oxygen atoms in total. The number of piperazine rings is 1. The zero-order valence-corrected chi connectivity index (χ0v) is 10.7. The van der Waals surface area contributed by atoms with E-state index in [1.807, 2.05) is 18.5 Å². The van der Waals surface area contributed by atoms with E-state index in [2.05, 4.69) is 20.5 Å². The minimum atomic E-state index is 0.157. The molecule has 100 valence electrons. The number of nitrogens with one attached hydrogen (secondary N) is 3. The summed E-state index contributed by atoms with van der Waals surface area (Å²) in [4.78, 5) is 17.0. The third-order valence-electron chi connectivity index (χ3n) is 3.26. The Kier molecular flexibility index (Phi) is 5.23. The Morgan fingerprint density at radius 1 is 1.39 bits per heavy atom. The van der Waals surface area contributed by atoms with E-state index in [1.54, 1.807) is 0 Å². The van der Waals surface area contributed by atoms with Crippen molar-refractivity contribution in [1.29, 1.82) is 0 Å². The van der Waals surface area contributed by atoms with E-state index in [1.165, 1.54) is 5.56 Å². The Morgan fingerprint density at radius 2 is 2.22 bits per heavy atom. The van der Waals surface area contributed by atoms with Crippen LogP contribution in [0.15, 0.2) is 18.5 Å². The Hall–Kier alpha value is -1.33. The van der Waals surface area contributed by atoms with Gasteiger partial charge in [-0.15, -0.1) is 0 Å². The van der Waals surface area contributed by atoms with Crippen LogP contribution in [-0.2, 0) is 11.2 Å².